The van der Waals surface area contributed by atoms with Gasteiger partial charge in [0, 0.05) is 0 Å². The lowest BCUT2D eigenvalue weighted by molar-refractivity contribution is -0.145. The molecule has 23 heavy (non-hydrogen) atoms. The van der Waals surface area contributed by atoms with Crippen LogP contribution in [0.4, 0.5) is 0 Å². The smallest absolute Gasteiger partial charge is 0.341 e. The summed E-state index contributed by atoms with van der Waals surface area (Å²) < 4.78 is 5.31. The highest BCUT2D eigenvalue weighted by molar-refractivity contribution is 5.71. The van der Waals surface area contributed by atoms with E-state index in [0.29, 0.717) is 18.1 Å². The Morgan fingerprint density at radius 2 is 1.78 bits per heavy atom. The normalized spacial score (nSPS) is 21.3. The lowest BCUT2D eigenvalue weighted by atomic mass is 9.68. The van der Waals surface area contributed by atoms with Crippen LogP contribution in [-0.2, 0) is 16.0 Å². The van der Waals surface area contributed by atoms with Crippen molar-refractivity contribution in [2.24, 2.45) is 17.8 Å². The maximum absolute atomic E-state index is 11.6. The molecular formula is C18H24O5. The number of rotatable bonds is 7. The summed E-state index contributed by atoms with van der Waals surface area (Å²) in [7, 11) is 0. The molecule has 126 valence electrons. The van der Waals surface area contributed by atoms with Crippen LogP contribution >= 0.6 is 0 Å². The van der Waals surface area contributed by atoms with Crippen LogP contribution in [0.2, 0.25) is 0 Å². The molecule has 0 aliphatic heterocycles. The Morgan fingerprint density at radius 1 is 1.22 bits per heavy atom. The van der Waals surface area contributed by atoms with Crippen LogP contribution < -0.4 is 4.74 Å². The fourth-order valence-corrected chi connectivity index (χ4v) is 3.52. The van der Waals surface area contributed by atoms with Crippen molar-refractivity contribution in [1.29, 1.82) is 0 Å². The van der Waals surface area contributed by atoms with E-state index in [1.54, 1.807) is 0 Å². The summed E-state index contributed by atoms with van der Waals surface area (Å²) in [5.74, 6) is -0.652. The standard InChI is InChI=1S/C18H24O5/c1-10-4-14(5-10)15(18(21)22)8-13-6-11(2)17(12(3)7-13)23-9-16(19)20/h6-7,10,14-15H,4-5,8-9H2,1-3H3,(H,19,20)(H,21,22). The minimum atomic E-state index is -1.02. The maximum Gasteiger partial charge on any atom is 0.341 e. The molecule has 5 nitrogen and oxygen atoms in total. The van der Waals surface area contributed by atoms with Gasteiger partial charge in [-0.15, -0.1) is 0 Å². The first-order chi connectivity index (χ1) is 10.8. The molecule has 1 saturated carbocycles. The third-order valence-corrected chi connectivity index (χ3v) is 4.61. The minimum absolute atomic E-state index is 0.256. The topological polar surface area (TPSA) is 83.8 Å². The summed E-state index contributed by atoms with van der Waals surface area (Å²) in [6.45, 7) is 5.49. The van der Waals surface area contributed by atoms with Crippen LogP contribution in [0.15, 0.2) is 12.1 Å². The number of carboxylic acids is 2. The average molecular weight is 320 g/mol. The molecule has 0 saturated heterocycles. The summed E-state index contributed by atoms with van der Waals surface area (Å²) in [4.78, 5) is 22.2. The highest BCUT2D eigenvalue weighted by Crippen LogP contribution is 2.40. The molecule has 1 aliphatic carbocycles. The van der Waals surface area contributed by atoms with Gasteiger partial charge in [0.15, 0.2) is 6.61 Å². The van der Waals surface area contributed by atoms with E-state index >= 15 is 0 Å². The zero-order valence-electron chi connectivity index (χ0n) is 13.8. The van der Waals surface area contributed by atoms with Crippen molar-refractivity contribution in [3.05, 3.63) is 28.8 Å². The van der Waals surface area contributed by atoms with Crippen molar-refractivity contribution in [1.82, 2.24) is 0 Å². The van der Waals surface area contributed by atoms with Crippen molar-refractivity contribution in [3.63, 3.8) is 0 Å². The molecule has 2 rings (SSSR count). The Morgan fingerprint density at radius 3 is 2.22 bits per heavy atom. The van der Waals surface area contributed by atoms with E-state index in [0.717, 1.165) is 29.5 Å². The summed E-state index contributed by atoms with van der Waals surface area (Å²) in [5.41, 5.74) is 2.65. The summed E-state index contributed by atoms with van der Waals surface area (Å²) >= 11 is 0. The van der Waals surface area contributed by atoms with Gasteiger partial charge >= 0.3 is 11.9 Å². The van der Waals surface area contributed by atoms with Gasteiger partial charge in [0.25, 0.3) is 0 Å². The molecule has 0 bridgehead atoms. The predicted octanol–water partition coefficient (Wildman–Crippen LogP) is 3.06. The zero-order chi connectivity index (χ0) is 17.1. The Bertz CT molecular complexity index is 578. The first kappa shape index (κ1) is 17.3. The fraction of sp³-hybridized carbons (Fsp3) is 0.556. The van der Waals surface area contributed by atoms with Crippen molar-refractivity contribution < 1.29 is 24.5 Å². The first-order valence-corrected chi connectivity index (χ1v) is 7.95. The molecular weight excluding hydrogens is 296 g/mol. The largest absolute Gasteiger partial charge is 0.481 e. The van der Waals surface area contributed by atoms with Crippen LogP contribution in [0.1, 0.15) is 36.5 Å². The van der Waals surface area contributed by atoms with E-state index in [2.05, 4.69) is 6.92 Å². The molecule has 2 N–H and O–H groups in total. The fourth-order valence-electron chi connectivity index (χ4n) is 3.52. The second kappa shape index (κ2) is 7.02. The highest BCUT2D eigenvalue weighted by Gasteiger charge is 2.36. The van der Waals surface area contributed by atoms with Crippen LogP contribution in [0.3, 0.4) is 0 Å². The quantitative estimate of drug-likeness (QED) is 0.806. The first-order valence-electron chi connectivity index (χ1n) is 7.95. The van der Waals surface area contributed by atoms with E-state index < -0.39 is 11.9 Å². The molecule has 1 atom stereocenters. The van der Waals surface area contributed by atoms with Crippen LogP contribution in [0, 0.1) is 31.6 Å². The van der Waals surface area contributed by atoms with Gasteiger partial charge in [-0.1, -0.05) is 19.1 Å². The Hall–Kier alpha value is -2.04. The molecule has 1 aromatic rings. The number of hydrogen-bond acceptors (Lipinski definition) is 3. The second-order valence-corrected chi connectivity index (χ2v) is 6.73. The molecule has 5 heteroatoms. The third kappa shape index (κ3) is 4.24. The monoisotopic (exact) mass is 320 g/mol. The van der Waals surface area contributed by atoms with Crippen LogP contribution in [0.5, 0.6) is 5.75 Å². The molecule has 0 radical (unpaired) electrons. The van der Waals surface area contributed by atoms with Crippen molar-refractivity contribution in [2.75, 3.05) is 6.61 Å². The molecule has 1 aromatic carbocycles. The van der Waals surface area contributed by atoms with Crippen molar-refractivity contribution in [3.8, 4) is 5.75 Å². The number of aliphatic carboxylic acids is 2. The van der Waals surface area contributed by atoms with Gasteiger partial charge in [-0.2, -0.15) is 0 Å². The average Bonchev–Trinajstić information content (AvgIpc) is 2.40. The van der Waals surface area contributed by atoms with Gasteiger partial charge in [-0.05, 0) is 61.6 Å². The van der Waals surface area contributed by atoms with E-state index in [9.17, 15) is 14.7 Å². The number of aryl methyl sites for hydroxylation is 2. The molecule has 1 unspecified atom stereocenters. The summed E-state index contributed by atoms with van der Waals surface area (Å²) in [6, 6.07) is 3.81. The minimum Gasteiger partial charge on any atom is -0.481 e. The Kier molecular flexibility index (Phi) is 5.29. The number of ether oxygens (including phenoxy) is 1. The van der Waals surface area contributed by atoms with Gasteiger partial charge in [0.05, 0.1) is 5.92 Å². The molecule has 0 amide bonds. The molecule has 0 aromatic heterocycles. The molecule has 1 aliphatic rings. The van der Waals surface area contributed by atoms with Gasteiger partial charge in [-0.3, -0.25) is 4.79 Å². The molecule has 1 fully saturated rings. The van der Waals surface area contributed by atoms with E-state index in [1.165, 1.54) is 0 Å². The van der Waals surface area contributed by atoms with E-state index in [-0.39, 0.29) is 18.4 Å². The maximum atomic E-state index is 11.6. The number of carbonyl (C=O) groups is 2. The Labute approximate surface area is 136 Å². The van der Waals surface area contributed by atoms with Gasteiger partial charge in [0.1, 0.15) is 5.75 Å². The Balaban J connectivity index is 2.13. The number of benzene rings is 1. The van der Waals surface area contributed by atoms with Gasteiger partial charge < -0.3 is 14.9 Å². The lowest BCUT2D eigenvalue weighted by Gasteiger charge is -2.37. The summed E-state index contributed by atoms with van der Waals surface area (Å²) in [5, 5.41) is 18.2. The molecule has 0 spiro atoms. The van der Waals surface area contributed by atoms with Crippen LogP contribution in [-0.4, -0.2) is 28.8 Å². The van der Waals surface area contributed by atoms with Crippen LogP contribution in [0.25, 0.3) is 0 Å². The van der Waals surface area contributed by atoms with Gasteiger partial charge in [-0.25, -0.2) is 4.79 Å². The highest BCUT2D eigenvalue weighted by atomic mass is 16.5. The number of carboxylic acid groups (broad SMARTS) is 2. The SMILES string of the molecule is Cc1cc(CC(C(=O)O)C2CC(C)C2)cc(C)c1OCC(=O)O. The second-order valence-electron chi connectivity index (χ2n) is 6.73. The third-order valence-electron chi connectivity index (χ3n) is 4.61. The van der Waals surface area contributed by atoms with Crippen molar-refractivity contribution >= 4 is 11.9 Å². The zero-order valence-corrected chi connectivity index (χ0v) is 13.8. The molecule has 0 heterocycles. The predicted molar refractivity (Wildman–Crippen MR) is 85.8 cm³/mol. The number of hydrogen-bond donors (Lipinski definition) is 2. The van der Waals surface area contributed by atoms with Crippen molar-refractivity contribution in [2.45, 2.75) is 40.0 Å². The summed E-state index contributed by atoms with van der Waals surface area (Å²) in [6.07, 6.45) is 2.47. The van der Waals surface area contributed by atoms with E-state index in [4.69, 9.17) is 9.84 Å². The lowest BCUT2D eigenvalue weighted by Crippen LogP contribution is -2.34. The van der Waals surface area contributed by atoms with E-state index in [1.807, 2.05) is 26.0 Å². The van der Waals surface area contributed by atoms with Gasteiger partial charge in [0.2, 0.25) is 0 Å².